The maximum atomic E-state index is 14.5. The van der Waals surface area contributed by atoms with Gasteiger partial charge in [-0.2, -0.15) is 0 Å². The van der Waals surface area contributed by atoms with Crippen molar-refractivity contribution < 1.29 is 22.8 Å². The molecule has 0 bridgehead atoms. The molecule has 0 radical (unpaired) electrons. The van der Waals surface area contributed by atoms with Gasteiger partial charge in [0.2, 0.25) is 5.91 Å². The topological polar surface area (TPSA) is 99.8 Å². The minimum absolute atomic E-state index is 0.275. The number of imidazole rings is 1. The van der Waals surface area contributed by atoms with Crippen LogP contribution < -0.4 is 10.6 Å². The van der Waals surface area contributed by atoms with Crippen LogP contribution >= 0.6 is 11.8 Å². The van der Waals surface area contributed by atoms with Gasteiger partial charge in [0.15, 0.2) is 5.16 Å². The fourth-order valence-corrected chi connectivity index (χ4v) is 3.76. The van der Waals surface area contributed by atoms with Crippen molar-refractivity contribution in [2.24, 2.45) is 0 Å². The van der Waals surface area contributed by atoms with Crippen LogP contribution in [0.4, 0.5) is 24.7 Å². The van der Waals surface area contributed by atoms with Crippen molar-refractivity contribution in [1.29, 1.82) is 0 Å². The molecule has 4 aromatic rings. The average molecular weight is 498 g/mol. The Labute approximate surface area is 202 Å². The largest absolute Gasteiger partial charge is 0.332 e. The second-order valence-electron chi connectivity index (χ2n) is 7.33. The van der Waals surface area contributed by atoms with Crippen LogP contribution in [0.2, 0.25) is 0 Å². The molecule has 0 saturated carbocycles. The lowest BCUT2D eigenvalue weighted by Crippen LogP contribution is -2.16. The summed E-state index contributed by atoms with van der Waals surface area (Å²) in [5, 5.41) is 5.41. The lowest BCUT2D eigenvalue weighted by atomic mass is 10.0. The highest BCUT2D eigenvalue weighted by Crippen LogP contribution is 2.34. The summed E-state index contributed by atoms with van der Waals surface area (Å²) in [6.07, 6.45) is 3.34. The third kappa shape index (κ3) is 5.19. The van der Waals surface area contributed by atoms with Gasteiger partial charge in [0.1, 0.15) is 28.8 Å². The fourth-order valence-electron chi connectivity index (χ4n) is 3.37. The van der Waals surface area contributed by atoms with Crippen LogP contribution in [0.1, 0.15) is 17.3 Å². The minimum atomic E-state index is -1.13. The maximum absolute atomic E-state index is 14.5. The number of hydrogen-bond acceptors (Lipinski definition) is 5. The van der Waals surface area contributed by atoms with Gasteiger partial charge in [0.05, 0.1) is 17.1 Å². The number of aromatic amines is 1. The number of nitrogens with zero attached hydrogens (tertiary/aromatic N) is 2. The van der Waals surface area contributed by atoms with Crippen molar-refractivity contribution >= 4 is 35.1 Å². The van der Waals surface area contributed by atoms with Crippen molar-refractivity contribution in [2.45, 2.75) is 12.1 Å². The molecule has 0 aliphatic heterocycles. The van der Waals surface area contributed by atoms with Crippen molar-refractivity contribution in [3.63, 3.8) is 0 Å². The molecule has 2 aromatic heterocycles. The lowest BCUT2D eigenvalue weighted by Gasteiger charge is -2.10. The van der Waals surface area contributed by atoms with Crippen LogP contribution in [-0.4, -0.2) is 33.0 Å². The van der Waals surface area contributed by atoms with Crippen molar-refractivity contribution in [3.05, 3.63) is 77.7 Å². The first-order chi connectivity index (χ1) is 16.8. The quantitative estimate of drug-likeness (QED) is 0.306. The van der Waals surface area contributed by atoms with E-state index in [4.69, 9.17) is 0 Å². The highest BCUT2D eigenvalue weighted by atomic mass is 32.2. The second-order valence-corrected chi connectivity index (χ2v) is 8.12. The molecular formula is C24H18F3N5O2S. The van der Waals surface area contributed by atoms with Gasteiger partial charge in [-0.15, -0.1) is 0 Å². The summed E-state index contributed by atoms with van der Waals surface area (Å²) in [5.74, 6) is -4.00. The molecule has 7 nitrogen and oxygen atoms in total. The number of hydrogen-bond donors (Lipinski definition) is 3. The smallest absolute Gasteiger partial charge is 0.261 e. The zero-order chi connectivity index (χ0) is 25.1. The Bertz CT molecular complexity index is 1420. The number of thioether (sulfide) groups is 1. The summed E-state index contributed by atoms with van der Waals surface area (Å²) in [6, 6.07) is 10.3. The number of carbonyl (C=O) groups excluding carboxylic acids is 2. The summed E-state index contributed by atoms with van der Waals surface area (Å²) in [4.78, 5) is 35.7. The van der Waals surface area contributed by atoms with E-state index in [1.165, 1.54) is 37.0 Å². The van der Waals surface area contributed by atoms with Gasteiger partial charge in [-0.25, -0.2) is 23.1 Å². The third-order valence-corrected chi connectivity index (χ3v) is 5.49. The monoisotopic (exact) mass is 497 g/mol. The minimum Gasteiger partial charge on any atom is -0.332 e. The Balaban J connectivity index is 1.74. The first kappa shape index (κ1) is 24.0. The van der Waals surface area contributed by atoms with Gasteiger partial charge in [-0.1, -0.05) is 17.8 Å². The number of anilines is 2. The maximum Gasteiger partial charge on any atom is 0.261 e. The van der Waals surface area contributed by atoms with Crippen LogP contribution in [0.25, 0.3) is 22.5 Å². The van der Waals surface area contributed by atoms with Crippen molar-refractivity contribution in [3.8, 4) is 22.5 Å². The highest BCUT2D eigenvalue weighted by molar-refractivity contribution is 7.98. The van der Waals surface area contributed by atoms with Gasteiger partial charge >= 0.3 is 0 Å². The molecule has 2 aromatic carbocycles. The Morgan fingerprint density at radius 3 is 2.37 bits per heavy atom. The van der Waals surface area contributed by atoms with Gasteiger partial charge < -0.3 is 15.6 Å². The predicted molar refractivity (Wildman–Crippen MR) is 128 cm³/mol. The molecule has 0 spiro atoms. The van der Waals surface area contributed by atoms with E-state index < -0.39 is 28.9 Å². The standard InChI is InChI=1S/C24H18F3N5O2S/c1-12(33)29-19-11-14(8-9-28-19)22-21(31-24(32-22)35-2)13-6-7-15(25)18(10-13)30-23(34)20-16(26)4-3-5-17(20)27/h3-11H,1-2H3,(H,30,34)(H,31,32)(H,28,29,33). The molecule has 2 heterocycles. The second kappa shape index (κ2) is 10.0. The summed E-state index contributed by atoms with van der Waals surface area (Å²) < 4.78 is 42.5. The number of nitrogens with one attached hydrogen (secondary N) is 3. The first-order valence-electron chi connectivity index (χ1n) is 10.2. The molecule has 0 atom stereocenters. The summed E-state index contributed by atoms with van der Waals surface area (Å²) in [5.41, 5.74) is 0.984. The van der Waals surface area contributed by atoms with Gasteiger partial charge in [0.25, 0.3) is 5.91 Å². The third-order valence-electron chi connectivity index (χ3n) is 4.91. The number of carbonyl (C=O) groups is 2. The van der Waals surface area contributed by atoms with Crippen LogP contribution in [0.15, 0.2) is 59.9 Å². The number of halogens is 3. The van der Waals surface area contributed by atoms with E-state index in [-0.39, 0.29) is 11.6 Å². The molecule has 2 amide bonds. The molecule has 0 fully saturated rings. The summed E-state index contributed by atoms with van der Waals surface area (Å²) >= 11 is 1.35. The molecule has 4 rings (SSSR count). The van der Waals surface area contributed by atoms with E-state index in [2.05, 4.69) is 25.6 Å². The molecular weight excluding hydrogens is 479 g/mol. The zero-order valence-corrected chi connectivity index (χ0v) is 19.3. The van der Waals surface area contributed by atoms with E-state index in [1.807, 2.05) is 6.26 Å². The number of H-pyrrole nitrogens is 1. The number of amides is 2. The van der Waals surface area contributed by atoms with Gasteiger partial charge in [0, 0.05) is 24.2 Å². The molecule has 178 valence electrons. The van der Waals surface area contributed by atoms with E-state index >= 15 is 0 Å². The lowest BCUT2D eigenvalue weighted by molar-refractivity contribution is -0.114. The highest BCUT2D eigenvalue weighted by Gasteiger charge is 2.20. The average Bonchev–Trinajstić information content (AvgIpc) is 3.25. The van der Waals surface area contributed by atoms with Crippen molar-refractivity contribution in [2.75, 3.05) is 16.9 Å². The Morgan fingerprint density at radius 2 is 1.69 bits per heavy atom. The number of pyridine rings is 1. The van der Waals surface area contributed by atoms with Crippen LogP contribution in [-0.2, 0) is 4.79 Å². The number of aromatic nitrogens is 3. The molecule has 0 aliphatic carbocycles. The van der Waals surface area contributed by atoms with E-state index in [0.717, 1.165) is 24.3 Å². The number of benzene rings is 2. The zero-order valence-electron chi connectivity index (χ0n) is 18.4. The van der Waals surface area contributed by atoms with E-state index in [9.17, 15) is 22.8 Å². The van der Waals surface area contributed by atoms with E-state index in [1.54, 1.807) is 12.1 Å². The Kier molecular flexibility index (Phi) is 6.87. The van der Waals surface area contributed by atoms with Crippen LogP contribution in [0.3, 0.4) is 0 Å². The molecule has 11 heteroatoms. The van der Waals surface area contributed by atoms with Gasteiger partial charge in [-0.05, 0) is 48.7 Å². The summed E-state index contributed by atoms with van der Waals surface area (Å²) in [6.45, 7) is 1.36. The Hall–Kier alpha value is -4.12. The molecule has 0 saturated heterocycles. The van der Waals surface area contributed by atoms with E-state index in [0.29, 0.717) is 33.5 Å². The molecule has 0 aliphatic rings. The Morgan fingerprint density at radius 1 is 0.943 bits per heavy atom. The SMILES string of the molecule is CSc1nc(-c2ccc(F)c(NC(=O)c3c(F)cccc3F)c2)c(-c2ccnc(NC(C)=O)c2)[nH]1. The molecule has 35 heavy (non-hydrogen) atoms. The van der Waals surface area contributed by atoms with Crippen LogP contribution in [0, 0.1) is 17.5 Å². The van der Waals surface area contributed by atoms with Crippen LogP contribution in [0.5, 0.6) is 0 Å². The van der Waals surface area contributed by atoms with Crippen molar-refractivity contribution in [1.82, 2.24) is 15.0 Å². The first-order valence-corrected chi connectivity index (χ1v) is 11.4. The normalized spacial score (nSPS) is 10.8. The van der Waals surface area contributed by atoms with Gasteiger partial charge in [-0.3, -0.25) is 9.59 Å². The predicted octanol–water partition coefficient (Wildman–Crippen LogP) is 5.49. The fraction of sp³-hybridized carbons (Fsp3) is 0.0833. The molecule has 3 N–H and O–H groups in total. The number of rotatable bonds is 6. The molecule has 0 unspecified atom stereocenters. The summed E-state index contributed by atoms with van der Waals surface area (Å²) in [7, 11) is 0.